The zero-order chi connectivity index (χ0) is 18.4. The van der Waals surface area contributed by atoms with Gasteiger partial charge in [-0.1, -0.05) is 29.8 Å². The maximum absolute atomic E-state index is 12.9. The minimum absolute atomic E-state index is 0.0153. The van der Waals surface area contributed by atoms with Crippen LogP contribution in [0.1, 0.15) is 38.2 Å². The Morgan fingerprint density at radius 3 is 2.76 bits per heavy atom. The number of benzene rings is 1. The Balaban J connectivity index is 2.25. The first-order valence-electron chi connectivity index (χ1n) is 7.94. The van der Waals surface area contributed by atoms with Crippen LogP contribution in [-0.4, -0.2) is 12.9 Å². The lowest BCUT2D eigenvalue weighted by Gasteiger charge is -2.37. The summed E-state index contributed by atoms with van der Waals surface area (Å²) in [4.78, 5) is 12.9. The fourth-order valence-electron chi connectivity index (χ4n) is 3.53. The lowest BCUT2D eigenvalue weighted by Crippen LogP contribution is -2.33. The highest BCUT2D eigenvalue weighted by Crippen LogP contribution is 2.49. The molecule has 1 heterocycles. The second-order valence-corrected chi connectivity index (χ2v) is 8.00. The predicted octanol–water partition coefficient (Wildman–Crippen LogP) is 3.91. The van der Waals surface area contributed by atoms with Crippen LogP contribution in [0.5, 0.6) is 5.75 Å². The quantitative estimate of drug-likeness (QED) is 0.810. The molecule has 0 fully saturated rings. The Hall–Kier alpha value is -2.26. The largest absolute Gasteiger partial charge is 0.496 e. The van der Waals surface area contributed by atoms with Crippen LogP contribution in [0.4, 0.5) is 0 Å². The topological polar surface area (TPSA) is 85.3 Å². The molecule has 2 N–H and O–H groups in total. The second kappa shape index (κ2) is 6.23. The van der Waals surface area contributed by atoms with E-state index in [0.29, 0.717) is 29.9 Å². The summed E-state index contributed by atoms with van der Waals surface area (Å²) >= 11 is 3.45. The van der Waals surface area contributed by atoms with Gasteiger partial charge in [-0.15, -0.1) is 0 Å². The molecule has 0 spiro atoms. The molecule has 1 aliphatic heterocycles. The number of carbonyl (C=O) groups is 1. The van der Waals surface area contributed by atoms with Gasteiger partial charge in [0.15, 0.2) is 5.78 Å². The molecule has 1 atom stereocenters. The van der Waals surface area contributed by atoms with Crippen molar-refractivity contribution in [2.75, 3.05) is 7.11 Å². The van der Waals surface area contributed by atoms with Gasteiger partial charge in [-0.05, 0) is 23.6 Å². The van der Waals surface area contributed by atoms with E-state index in [1.165, 1.54) is 0 Å². The summed E-state index contributed by atoms with van der Waals surface area (Å²) in [6.45, 7) is 4.04. The van der Waals surface area contributed by atoms with Gasteiger partial charge < -0.3 is 15.2 Å². The fourth-order valence-corrected chi connectivity index (χ4v) is 3.91. The first-order valence-corrected chi connectivity index (χ1v) is 8.74. The molecule has 0 unspecified atom stereocenters. The van der Waals surface area contributed by atoms with Crippen molar-refractivity contribution in [3.63, 3.8) is 0 Å². The zero-order valence-corrected chi connectivity index (χ0v) is 15.9. The van der Waals surface area contributed by atoms with Crippen LogP contribution in [0.15, 0.2) is 45.5 Å². The van der Waals surface area contributed by atoms with Crippen LogP contribution < -0.4 is 10.5 Å². The number of hydrogen-bond donors (Lipinski definition) is 1. The molecule has 2 aliphatic rings. The van der Waals surface area contributed by atoms with Crippen LogP contribution in [-0.2, 0) is 9.53 Å². The summed E-state index contributed by atoms with van der Waals surface area (Å²) < 4.78 is 12.0. The van der Waals surface area contributed by atoms with Crippen LogP contribution in [0.2, 0.25) is 0 Å². The van der Waals surface area contributed by atoms with Gasteiger partial charge in [-0.2, -0.15) is 5.26 Å². The summed E-state index contributed by atoms with van der Waals surface area (Å²) in [7, 11) is 1.56. The molecular formula is C19H19BrN2O3. The molecule has 6 heteroatoms. The highest BCUT2D eigenvalue weighted by atomic mass is 79.9. The van der Waals surface area contributed by atoms with Gasteiger partial charge in [0.1, 0.15) is 23.2 Å². The minimum Gasteiger partial charge on any atom is -0.496 e. The third-order valence-corrected chi connectivity index (χ3v) is 5.07. The number of methoxy groups -OCH3 is 1. The van der Waals surface area contributed by atoms with E-state index in [1.807, 2.05) is 26.0 Å². The molecular weight excluding hydrogens is 384 g/mol. The molecule has 1 aliphatic carbocycles. The van der Waals surface area contributed by atoms with Crippen molar-refractivity contribution in [3.05, 3.63) is 51.0 Å². The number of ether oxygens (including phenoxy) is 2. The van der Waals surface area contributed by atoms with Crippen molar-refractivity contribution < 1.29 is 14.3 Å². The van der Waals surface area contributed by atoms with Crippen molar-refractivity contribution in [1.29, 1.82) is 5.26 Å². The highest BCUT2D eigenvalue weighted by Gasteiger charge is 2.43. The molecule has 0 saturated carbocycles. The first kappa shape index (κ1) is 17.6. The van der Waals surface area contributed by atoms with E-state index in [0.717, 1.165) is 10.0 Å². The average molecular weight is 403 g/mol. The highest BCUT2D eigenvalue weighted by molar-refractivity contribution is 9.10. The summed E-state index contributed by atoms with van der Waals surface area (Å²) in [5.41, 5.74) is 7.30. The summed E-state index contributed by atoms with van der Waals surface area (Å²) in [5, 5.41) is 9.65. The van der Waals surface area contributed by atoms with Crippen molar-refractivity contribution in [2.45, 2.75) is 32.6 Å². The number of rotatable bonds is 2. The van der Waals surface area contributed by atoms with Gasteiger partial charge in [-0.3, -0.25) is 4.79 Å². The number of nitrogens with zero attached hydrogens (tertiary/aromatic N) is 1. The van der Waals surface area contributed by atoms with E-state index in [2.05, 4.69) is 22.0 Å². The number of carbonyl (C=O) groups excluding carboxylic acids is 1. The van der Waals surface area contributed by atoms with Gasteiger partial charge in [0.2, 0.25) is 5.88 Å². The van der Waals surface area contributed by atoms with Crippen LogP contribution in [0.25, 0.3) is 0 Å². The number of allylic oxidation sites excluding steroid dienone is 3. The summed E-state index contributed by atoms with van der Waals surface area (Å²) in [5.74, 6) is 0.618. The number of Topliss-reactive ketones (excluding diaryl/α,β-unsaturated/α-hetero) is 1. The van der Waals surface area contributed by atoms with Crippen molar-refractivity contribution in [1.82, 2.24) is 0 Å². The normalized spacial score (nSPS) is 22.2. The molecule has 0 saturated heterocycles. The van der Waals surface area contributed by atoms with Crippen molar-refractivity contribution >= 4 is 21.7 Å². The third-order valence-electron chi connectivity index (χ3n) is 4.58. The standard InChI is InChI=1S/C19H19BrN2O3/c1-19(2)7-13(23)17-15(8-19)25-18(22)12(9-21)16(17)11-6-10(20)4-5-14(11)24-3/h4-6,16H,7-8,22H2,1-3H3/t16-/m1/s1. The zero-order valence-electron chi connectivity index (χ0n) is 14.4. The SMILES string of the molecule is COc1ccc(Br)cc1[C@@H]1C(C#N)=C(N)OC2=C1C(=O)CC(C)(C)C2. The molecule has 1 aromatic carbocycles. The van der Waals surface area contributed by atoms with Crippen molar-refractivity contribution in [3.8, 4) is 11.8 Å². The van der Waals surface area contributed by atoms with Gasteiger partial charge in [0.05, 0.1) is 13.0 Å². The Labute approximate surface area is 155 Å². The first-order chi connectivity index (χ1) is 11.8. The Kier molecular flexibility index (Phi) is 4.38. The van der Waals surface area contributed by atoms with Gasteiger partial charge in [0.25, 0.3) is 0 Å². The van der Waals surface area contributed by atoms with Crippen LogP contribution in [0.3, 0.4) is 0 Å². The average Bonchev–Trinajstić information content (AvgIpc) is 2.52. The molecule has 0 bridgehead atoms. The Bertz CT molecular complexity index is 862. The van der Waals surface area contributed by atoms with E-state index >= 15 is 0 Å². The second-order valence-electron chi connectivity index (χ2n) is 7.09. The molecule has 0 aromatic heterocycles. The Morgan fingerprint density at radius 2 is 2.12 bits per heavy atom. The van der Waals surface area contributed by atoms with Crippen LogP contribution in [0, 0.1) is 16.7 Å². The van der Waals surface area contributed by atoms with E-state index < -0.39 is 5.92 Å². The molecule has 5 nitrogen and oxygen atoms in total. The maximum atomic E-state index is 12.9. The molecule has 130 valence electrons. The number of nitrogens with two attached hydrogens (primary N) is 1. The summed E-state index contributed by atoms with van der Waals surface area (Å²) in [6.07, 6.45) is 1.00. The maximum Gasteiger partial charge on any atom is 0.205 e. The molecule has 25 heavy (non-hydrogen) atoms. The summed E-state index contributed by atoms with van der Waals surface area (Å²) in [6, 6.07) is 7.63. The van der Waals surface area contributed by atoms with E-state index in [4.69, 9.17) is 15.2 Å². The van der Waals surface area contributed by atoms with Crippen LogP contribution >= 0.6 is 15.9 Å². The smallest absolute Gasteiger partial charge is 0.205 e. The lowest BCUT2D eigenvalue weighted by molar-refractivity contribution is -0.119. The van der Waals surface area contributed by atoms with E-state index in [-0.39, 0.29) is 22.7 Å². The monoisotopic (exact) mass is 402 g/mol. The lowest BCUT2D eigenvalue weighted by atomic mass is 9.70. The van der Waals surface area contributed by atoms with Crippen molar-refractivity contribution in [2.24, 2.45) is 11.1 Å². The van der Waals surface area contributed by atoms with Gasteiger partial charge in [0, 0.05) is 28.5 Å². The van der Waals surface area contributed by atoms with Gasteiger partial charge >= 0.3 is 0 Å². The number of halogens is 1. The molecule has 3 rings (SSSR count). The number of hydrogen-bond acceptors (Lipinski definition) is 5. The molecule has 0 radical (unpaired) electrons. The molecule has 1 aromatic rings. The third kappa shape index (κ3) is 3.05. The minimum atomic E-state index is -0.579. The van der Waals surface area contributed by atoms with E-state index in [1.54, 1.807) is 13.2 Å². The number of ketones is 1. The van der Waals surface area contributed by atoms with Gasteiger partial charge in [-0.25, -0.2) is 0 Å². The predicted molar refractivity (Wildman–Crippen MR) is 96.4 cm³/mol. The number of nitriles is 1. The molecule has 0 amide bonds. The Morgan fingerprint density at radius 1 is 1.40 bits per heavy atom. The van der Waals surface area contributed by atoms with E-state index in [9.17, 15) is 10.1 Å². The fraction of sp³-hybridized carbons (Fsp3) is 0.368.